The van der Waals surface area contributed by atoms with Crippen LogP contribution in [-0.4, -0.2) is 10.8 Å². The topological polar surface area (TPSA) is 62.8 Å². The second-order valence-corrected chi connectivity index (χ2v) is 4.75. The Morgan fingerprint density at radius 3 is 2.62 bits per heavy atom. The molecule has 0 spiro atoms. The normalized spacial score (nSPS) is 10.4. The van der Waals surface area contributed by atoms with Gasteiger partial charge in [0.05, 0.1) is 10.0 Å². The smallest absolute Gasteiger partial charge is 0.142 e. The first-order valence-corrected chi connectivity index (χ1v) is 5.97. The summed E-state index contributed by atoms with van der Waals surface area (Å²) in [6, 6.07) is 5.29. The number of hydrogen-bond acceptors (Lipinski definition) is 3. The zero-order chi connectivity index (χ0) is 11.7. The van der Waals surface area contributed by atoms with Crippen molar-refractivity contribution in [2.24, 2.45) is 5.73 Å². The molecule has 16 heavy (non-hydrogen) atoms. The standard InChI is InChI=1S/C10H7Cl2N3S/c11-6-2-1-5(3-7(6)12)10-15-8(4-16-10)9(13)14/h1-4H,(H3,13,14). The molecule has 3 nitrogen and oxygen atoms in total. The third-order valence-electron chi connectivity index (χ3n) is 1.95. The fourth-order valence-electron chi connectivity index (χ4n) is 1.16. The molecule has 0 saturated carbocycles. The second-order valence-electron chi connectivity index (χ2n) is 3.08. The van der Waals surface area contributed by atoms with Gasteiger partial charge >= 0.3 is 0 Å². The second kappa shape index (κ2) is 4.41. The van der Waals surface area contributed by atoms with Gasteiger partial charge in [-0.2, -0.15) is 0 Å². The van der Waals surface area contributed by atoms with E-state index in [4.69, 9.17) is 34.3 Å². The van der Waals surface area contributed by atoms with Crippen LogP contribution in [0.25, 0.3) is 10.6 Å². The molecule has 3 N–H and O–H groups in total. The third kappa shape index (κ3) is 2.19. The van der Waals surface area contributed by atoms with Crippen LogP contribution in [0.5, 0.6) is 0 Å². The SMILES string of the molecule is N=C(N)c1csc(-c2ccc(Cl)c(Cl)c2)n1. The molecule has 1 aromatic carbocycles. The van der Waals surface area contributed by atoms with E-state index in [1.165, 1.54) is 11.3 Å². The molecule has 0 saturated heterocycles. The largest absolute Gasteiger partial charge is 0.382 e. The van der Waals surface area contributed by atoms with Crippen LogP contribution in [0.3, 0.4) is 0 Å². The first-order chi connectivity index (χ1) is 7.58. The van der Waals surface area contributed by atoms with Crippen LogP contribution >= 0.6 is 34.5 Å². The number of nitrogen functional groups attached to an aromatic ring is 1. The van der Waals surface area contributed by atoms with E-state index in [-0.39, 0.29) is 5.84 Å². The maximum absolute atomic E-state index is 7.26. The summed E-state index contributed by atoms with van der Waals surface area (Å²) in [7, 11) is 0. The van der Waals surface area contributed by atoms with Crippen molar-refractivity contribution in [1.29, 1.82) is 5.41 Å². The Labute approximate surface area is 106 Å². The number of benzene rings is 1. The number of halogens is 2. The molecule has 0 bridgehead atoms. The summed E-state index contributed by atoms with van der Waals surface area (Å²) in [5, 5.41) is 10.8. The van der Waals surface area contributed by atoms with Crippen molar-refractivity contribution >= 4 is 40.4 Å². The first kappa shape index (κ1) is 11.4. The van der Waals surface area contributed by atoms with Gasteiger partial charge in [-0.05, 0) is 12.1 Å². The van der Waals surface area contributed by atoms with Gasteiger partial charge in [-0.25, -0.2) is 4.98 Å². The summed E-state index contributed by atoms with van der Waals surface area (Å²) in [4.78, 5) is 4.22. The molecule has 82 valence electrons. The molecule has 0 aliphatic rings. The van der Waals surface area contributed by atoms with E-state index in [9.17, 15) is 0 Å². The fraction of sp³-hybridized carbons (Fsp3) is 0. The maximum Gasteiger partial charge on any atom is 0.142 e. The van der Waals surface area contributed by atoms with Crippen molar-refractivity contribution in [1.82, 2.24) is 4.98 Å². The molecule has 1 aromatic heterocycles. The average Bonchev–Trinajstić information content (AvgIpc) is 2.71. The zero-order valence-electron chi connectivity index (χ0n) is 8.00. The molecule has 2 rings (SSSR count). The van der Waals surface area contributed by atoms with Crippen LogP contribution in [0.15, 0.2) is 23.6 Å². The highest BCUT2D eigenvalue weighted by Gasteiger charge is 2.08. The average molecular weight is 272 g/mol. The molecule has 0 radical (unpaired) electrons. The molecule has 0 aliphatic heterocycles. The van der Waals surface area contributed by atoms with Gasteiger partial charge in [0.2, 0.25) is 0 Å². The Morgan fingerprint density at radius 2 is 2.06 bits per heavy atom. The van der Waals surface area contributed by atoms with Crippen LogP contribution < -0.4 is 5.73 Å². The van der Waals surface area contributed by atoms with Gasteiger partial charge in [-0.1, -0.05) is 29.3 Å². The number of hydrogen-bond donors (Lipinski definition) is 2. The minimum Gasteiger partial charge on any atom is -0.382 e. The van der Waals surface area contributed by atoms with Crippen LogP contribution in [0, 0.1) is 5.41 Å². The van der Waals surface area contributed by atoms with Crippen LogP contribution in [0.1, 0.15) is 5.69 Å². The predicted octanol–water partition coefficient (Wildman–Crippen LogP) is 3.40. The molecular formula is C10H7Cl2N3S. The first-order valence-electron chi connectivity index (χ1n) is 4.33. The molecule has 0 amide bonds. The number of amidine groups is 1. The van der Waals surface area contributed by atoms with Gasteiger partial charge in [0.1, 0.15) is 16.5 Å². The highest BCUT2D eigenvalue weighted by atomic mass is 35.5. The minimum absolute atomic E-state index is 0.0393. The maximum atomic E-state index is 7.26. The lowest BCUT2D eigenvalue weighted by Gasteiger charge is -1.99. The fourth-order valence-corrected chi connectivity index (χ4v) is 2.27. The third-order valence-corrected chi connectivity index (χ3v) is 3.58. The van der Waals surface area contributed by atoms with Gasteiger partial charge in [0.25, 0.3) is 0 Å². The van der Waals surface area contributed by atoms with Gasteiger partial charge in [0.15, 0.2) is 0 Å². The summed E-state index contributed by atoms with van der Waals surface area (Å²) in [6.07, 6.45) is 0. The Balaban J connectivity index is 2.42. The highest BCUT2D eigenvalue weighted by Crippen LogP contribution is 2.30. The molecule has 0 atom stereocenters. The molecule has 0 aliphatic carbocycles. The lowest BCUT2D eigenvalue weighted by atomic mass is 10.2. The summed E-state index contributed by atoms with van der Waals surface area (Å²) in [6.45, 7) is 0. The van der Waals surface area contributed by atoms with E-state index >= 15 is 0 Å². The molecule has 6 heteroatoms. The van der Waals surface area contributed by atoms with Gasteiger partial charge in [-0.15, -0.1) is 11.3 Å². The van der Waals surface area contributed by atoms with Crippen LogP contribution in [0.2, 0.25) is 10.0 Å². The summed E-state index contributed by atoms with van der Waals surface area (Å²) < 4.78 is 0. The monoisotopic (exact) mass is 271 g/mol. The van der Waals surface area contributed by atoms with Gasteiger partial charge < -0.3 is 5.73 Å². The van der Waals surface area contributed by atoms with Gasteiger partial charge in [0, 0.05) is 10.9 Å². The zero-order valence-corrected chi connectivity index (χ0v) is 10.3. The summed E-state index contributed by atoms with van der Waals surface area (Å²) in [5.74, 6) is -0.0393. The lowest BCUT2D eigenvalue weighted by Crippen LogP contribution is -2.11. The number of aromatic nitrogens is 1. The van der Waals surface area contributed by atoms with E-state index in [1.807, 2.05) is 6.07 Å². The van der Waals surface area contributed by atoms with Crippen molar-refractivity contribution in [3.63, 3.8) is 0 Å². The predicted molar refractivity (Wildman–Crippen MR) is 68.6 cm³/mol. The number of nitrogens with one attached hydrogen (secondary N) is 1. The Bertz CT molecular complexity index is 551. The van der Waals surface area contributed by atoms with E-state index in [0.717, 1.165) is 10.6 Å². The van der Waals surface area contributed by atoms with Crippen molar-refractivity contribution in [2.75, 3.05) is 0 Å². The molecule has 0 unspecified atom stereocenters. The van der Waals surface area contributed by atoms with Crippen LogP contribution in [-0.2, 0) is 0 Å². The number of nitrogens with zero attached hydrogens (tertiary/aromatic N) is 1. The minimum atomic E-state index is -0.0393. The molecule has 0 fully saturated rings. The van der Waals surface area contributed by atoms with Crippen molar-refractivity contribution in [3.05, 3.63) is 39.3 Å². The summed E-state index contributed by atoms with van der Waals surface area (Å²) >= 11 is 13.1. The van der Waals surface area contributed by atoms with Crippen LogP contribution in [0.4, 0.5) is 0 Å². The van der Waals surface area contributed by atoms with Gasteiger partial charge in [-0.3, -0.25) is 5.41 Å². The van der Waals surface area contributed by atoms with Crippen molar-refractivity contribution in [2.45, 2.75) is 0 Å². The number of nitrogens with two attached hydrogens (primary N) is 1. The summed E-state index contributed by atoms with van der Waals surface area (Å²) in [5.41, 5.74) is 6.68. The highest BCUT2D eigenvalue weighted by molar-refractivity contribution is 7.13. The Morgan fingerprint density at radius 1 is 1.31 bits per heavy atom. The molecular weight excluding hydrogens is 265 g/mol. The van der Waals surface area contributed by atoms with E-state index in [2.05, 4.69) is 4.98 Å². The Hall–Kier alpha value is -1.10. The van der Waals surface area contributed by atoms with E-state index in [1.54, 1.807) is 17.5 Å². The molecule has 1 heterocycles. The lowest BCUT2D eigenvalue weighted by molar-refractivity contribution is 1.32. The Kier molecular flexibility index (Phi) is 3.14. The van der Waals surface area contributed by atoms with Crippen molar-refractivity contribution < 1.29 is 0 Å². The number of thiazole rings is 1. The number of rotatable bonds is 2. The molecule has 2 aromatic rings. The van der Waals surface area contributed by atoms with E-state index < -0.39 is 0 Å². The van der Waals surface area contributed by atoms with Crippen molar-refractivity contribution in [3.8, 4) is 10.6 Å². The quantitative estimate of drug-likeness (QED) is 0.650. The van der Waals surface area contributed by atoms with E-state index in [0.29, 0.717) is 15.7 Å².